The van der Waals surface area contributed by atoms with Gasteiger partial charge in [0.15, 0.2) is 0 Å². The van der Waals surface area contributed by atoms with Crippen LogP contribution in [-0.2, 0) is 9.59 Å². The van der Waals surface area contributed by atoms with Gasteiger partial charge in [-0.2, -0.15) is 0 Å². The van der Waals surface area contributed by atoms with Crippen molar-refractivity contribution in [2.45, 2.75) is 33.1 Å². The Balaban J connectivity index is 2.41. The Morgan fingerprint density at radius 1 is 1.39 bits per heavy atom. The van der Waals surface area contributed by atoms with Crippen LogP contribution in [0.5, 0.6) is 0 Å². The summed E-state index contributed by atoms with van der Waals surface area (Å²) in [6, 6.07) is 3.46. The monoisotopic (exact) mass is 310 g/mol. The molecule has 2 heterocycles. The molecule has 0 radical (unpaired) electrons. The Kier molecular flexibility index (Phi) is 3.52. The molecule has 0 unspecified atom stereocenters. The molecule has 0 atom stereocenters. The molecule has 1 saturated heterocycles. The molecule has 1 aliphatic heterocycles. The fourth-order valence-electron chi connectivity index (χ4n) is 2.34. The van der Waals surface area contributed by atoms with E-state index in [1.807, 2.05) is 13.8 Å². The highest BCUT2D eigenvalue weighted by Crippen LogP contribution is 2.40. The minimum atomic E-state index is -0.541. The van der Waals surface area contributed by atoms with Gasteiger partial charge in [0.2, 0.25) is 11.8 Å². The second-order valence-corrected chi connectivity index (χ2v) is 5.45. The zero-order valence-electron chi connectivity index (χ0n) is 10.4. The predicted octanol–water partition coefficient (Wildman–Crippen LogP) is 2.91. The Hall–Kier alpha value is -1.23. The fraction of sp³-hybridized carbons (Fsp3) is 0.462. The number of anilines is 1. The maximum atomic E-state index is 12.5. The van der Waals surface area contributed by atoms with E-state index in [4.69, 9.17) is 0 Å². The van der Waals surface area contributed by atoms with Crippen molar-refractivity contribution < 1.29 is 9.59 Å². The second kappa shape index (κ2) is 4.80. The number of pyridine rings is 1. The second-order valence-electron chi connectivity index (χ2n) is 4.53. The van der Waals surface area contributed by atoms with Crippen molar-refractivity contribution in [3.05, 3.63) is 22.8 Å². The summed E-state index contributed by atoms with van der Waals surface area (Å²) in [5.74, 6) is 0.126. The third-order valence-corrected chi connectivity index (χ3v) is 4.18. The summed E-state index contributed by atoms with van der Waals surface area (Å²) in [7, 11) is 0. The van der Waals surface area contributed by atoms with E-state index in [-0.39, 0.29) is 18.2 Å². The molecule has 1 aliphatic rings. The van der Waals surface area contributed by atoms with E-state index in [1.165, 1.54) is 4.90 Å². The van der Waals surface area contributed by atoms with Crippen molar-refractivity contribution in [1.82, 2.24) is 4.98 Å². The quantitative estimate of drug-likeness (QED) is 0.807. The fourth-order valence-corrected chi connectivity index (χ4v) is 2.67. The Labute approximate surface area is 115 Å². The Morgan fingerprint density at radius 2 is 2.06 bits per heavy atom. The van der Waals surface area contributed by atoms with Crippen LogP contribution in [0.4, 0.5) is 5.82 Å². The Morgan fingerprint density at radius 3 is 2.56 bits per heavy atom. The summed E-state index contributed by atoms with van der Waals surface area (Å²) in [6.07, 6.45) is 3.22. The van der Waals surface area contributed by atoms with Crippen molar-refractivity contribution in [1.29, 1.82) is 0 Å². The highest BCUT2D eigenvalue weighted by atomic mass is 79.9. The minimum Gasteiger partial charge on any atom is -0.274 e. The van der Waals surface area contributed by atoms with Gasteiger partial charge >= 0.3 is 0 Å². The number of halogens is 1. The third kappa shape index (κ3) is 1.96. The summed E-state index contributed by atoms with van der Waals surface area (Å²) < 4.78 is 0.804. The highest BCUT2D eigenvalue weighted by Gasteiger charge is 2.50. The first-order valence-corrected chi connectivity index (χ1v) is 6.82. The van der Waals surface area contributed by atoms with Gasteiger partial charge in [0, 0.05) is 17.1 Å². The lowest BCUT2D eigenvalue weighted by Crippen LogP contribution is -2.35. The van der Waals surface area contributed by atoms with Gasteiger partial charge in [-0.25, -0.2) is 9.88 Å². The van der Waals surface area contributed by atoms with Crippen LogP contribution in [-0.4, -0.2) is 16.8 Å². The summed E-state index contributed by atoms with van der Waals surface area (Å²) in [5.41, 5.74) is -0.541. The molecule has 4 nitrogen and oxygen atoms in total. The zero-order chi connectivity index (χ0) is 13.3. The molecule has 2 rings (SSSR count). The standard InChI is InChI=1S/C13H15BrN2O2/c1-3-13(4-2)8-11(17)16(12(13)18)10-7-9(14)5-6-15-10/h5-7H,3-4,8H2,1-2H3. The van der Waals surface area contributed by atoms with Crippen LogP contribution >= 0.6 is 15.9 Å². The van der Waals surface area contributed by atoms with Crippen molar-refractivity contribution in [2.24, 2.45) is 5.41 Å². The van der Waals surface area contributed by atoms with Gasteiger partial charge in [-0.05, 0) is 25.0 Å². The summed E-state index contributed by atoms with van der Waals surface area (Å²) >= 11 is 3.32. The normalized spacial score (nSPS) is 18.5. The van der Waals surface area contributed by atoms with Crippen LogP contribution < -0.4 is 4.90 Å². The average molecular weight is 311 g/mol. The Bertz CT molecular complexity index is 498. The molecule has 18 heavy (non-hydrogen) atoms. The van der Waals surface area contributed by atoms with E-state index in [0.717, 1.165) is 4.47 Å². The van der Waals surface area contributed by atoms with E-state index in [2.05, 4.69) is 20.9 Å². The maximum absolute atomic E-state index is 12.5. The number of nitrogens with zero attached hydrogens (tertiary/aromatic N) is 2. The smallest absolute Gasteiger partial charge is 0.241 e. The molecule has 0 bridgehead atoms. The van der Waals surface area contributed by atoms with E-state index >= 15 is 0 Å². The van der Waals surface area contributed by atoms with Gasteiger partial charge in [-0.3, -0.25) is 9.59 Å². The SMILES string of the molecule is CCC1(CC)CC(=O)N(c2cc(Br)ccn2)C1=O. The van der Waals surface area contributed by atoms with Gasteiger partial charge in [-0.1, -0.05) is 29.8 Å². The van der Waals surface area contributed by atoms with Gasteiger partial charge in [0.05, 0.1) is 5.41 Å². The molecule has 0 N–H and O–H groups in total. The van der Waals surface area contributed by atoms with Crippen molar-refractivity contribution in [3.8, 4) is 0 Å². The number of imide groups is 1. The molecular formula is C13H15BrN2O2. The molecule has 2 amide bonds. The van der Waals surface area contributed by atoms with E-state index in [0.29, 0.717) is 18.7 Å². The largest absolute Gasteiger partial charge is 0.274 e. The number of hydrogen-bond acceptors (Lipinski definition) is 3. The van der Waals surface area contributed by atoms with Crippen LogP contribution in [0.3, 0.4) is 0 Å². The topological polar surface area (TPSA) is 50.3 Å². The summed E-state index contributed by atoms with van der Waals surface area (Å²) in [5, 5.41) is 0. The lowest BCUT2D eigenvalue weighted by Gasteiger charge is -2.23. The summed E-state index contributed by atoms with van der Waals surface area (Å²) in [4.78, 5) is 29.9. The van der Waals surface area contributed by atoms with Gasteiger partial charge in [0.1, 0.15) is 5.82 Å². The lowest BCUT2D eigenvalue weighted by molar-refractivity contribution is -0.126. The number of rotatable bonds is 3. The first-order valence-electron chi connectivity index (χ1n) is 6.03. The van der Waals surface area contributed by atoms with Crippen molar-refractivity contribution in [2.75, 3.05) is 4.90 Å². The number of carbonyl (C=O) groups is 2. The average Bonchev–Trinajstić information content (AvgIpc) is 2.61. The minimum absolute atomic E-state index is 0.122. The highest BCUT2D eigenvalue weighted by molar-refractivity contribution is 9.10. The molecule has 0 aromatic carbocycles. The first-order chi connectivity index (χ1) is 8.54. The molecule has 5 heteroatoms. The van der Waals surface area contributed by atoms with E-state index in [9.17, 15) is 9.59 Å². The molecule has 1 fully saturated rings. The molecular weight excluding hydrogens is 296 g/mol. The lowest BCUT2D eigenvalue weighted by atomic mass is 9.81. The molecule has 96 valence electrons. The number of amides is 2. The molecule has 1 aromatic rings. The maximum Gasteiger partial charge on any atom is 0.241 e. The first kappa shape index (κ1) is 13.2. The van der Waals surface area contributed by atoms with Crippen LogP contribution in [0.25, 0.3) is 0 Å². The number of aromatic nitrogens is 1. The van der Waals surface area contributed by atoms with Crippen LogP contribution in [0, 0.1) is 5.41 Å². The number of carbonyl (C=O) groups excluding carboxylic acids is 2. The molecule has 0 aliphatic carbocycles. The van der Waals surface area contributed by atoms with Gasteiger partial charge in [-0.15, -0.1) is 0 Å². The third-order valence-electron chi connectivity index (χ3n) is 3.69. The van der Waals surface area contributed by atoms with E-state index < -0.39 is 5.41 Å². The zero-order valence-corrected chi connectivity index (χ0v) is 12.0. The van der Waals surface area contributed by atoms with Crippen LogP contribution in [0.2, 0.25) is 0 Å². The molecule has 0 saturated carbocycles. The van der Waals surface area contributed by atoms with Gasteiger partial charge in [0.25, 0.3) is 0 Å². The molecule has 1 aromatic heterocycles. The van der Waals surface area contributed by atoms with Crippen molar-refractivity contribution >= 4 is 33.6 Å². The van der Waals surface area contributed by atoms with Crippen molar-refractivity contribution in [3.63, 3.8) is 0 Å². The van der Waals surface area contributed by atoms with E-state index in [1.54, 1.807) is 18.3 Å². The summed E-state index contributed by atoms with van der Waals surface area (Å²) in [6.45, 7) is 3.90. The van der Waals surface area contributed by atoms with Gasteiger partial charge < -0.3 is 0 Å². The predicted molar refractivity (Wildman–Crippen MR) is 72.1 cm³/mol. The van der Waals surface area contributed by atoms with Crippen LogP contribution in [0.1, 0.15) is 33.1 Å². The van der Waals surface area contributed by atoms with Crippen LogP contribution in [0.15, 0.2) is 22.8 Å². The molecule has 0 spiro atoms. The number of hydrogen-bond donors (Lipinski definition) is 0.